The summed E-state index contributed by atoms with van der Waals surface area (Å²) in [6, 6.07) is 9.58. The van der Waals surface area contributed by atoms with Crippen LogP contribution >= 0.6 is 22.9 Å². The van der Waals surface area contributed by atoms with Crippen LogP contribution in [0.25, 0.3) is 10.8 Å². The van der Waals surface area contributed by atoms with Crippen LogP contribution in [-0.2, 0) is 0 Å². The van der Waals surface area contributed by atoms with E-state index in [1.54, 1.807) is 18.5 Å². The molecule has 0 spiro atoms. The number of hydrogen-bond donors (Lipinski definition) is 1. The number of aliphatic hydroxyl groups excluding tert-OH is 1. The largest absolute Gasteiger partial charge is 0.383 e. The van der Waals surface area contributed by atoms with Crippen LogP contribution in [0.2, 0.25) is 5.02 Å². The number of benzene rings is 1. The molecule has 3 rings (SSSR count). The van der Waals surface area contributed by atoms with Gasteiger partial charge in [0.1, 0.15) is 6.10 Å². The molecule has 0 bridgehead atoms. The van der Waals surface area contributed by atoms with Crippen LogP contribution < -0.4 is 0 Å². The first-order valence-electron chi connectivity index (χ1n) is 5.51. The Labute approximate surface area is 113 Å². The minimum absolute atomic E-state index is 0.605. The number of fused-ring (bicyclic) bond motifs is 1. The van der Waals surface area contributed by atoms with Crippen molar-refractivity contribution < 1.29 is 5.11 Å². The number of pyridine rings is 1. The molecule has 2 nitrogen and oxygen atoms in total. The molecule has 0 fully saturated rings. The molecule has 3 aromatic rings. The molecule has 90 valence electrons. The van der Waals surface area contributed by atoms with Gasteiger partial charge < -0.3 is 5.11 Å². The normalized spacial score (nSPS) is 12.8. The lowest BCUT2D eigenvalue weighted by Crippen LogP contribution is -1.99. The first-order valence-corrected chi connectivity index (χ1v) is 6.77. The molecule has 0 aliphatic rings. The third kappa shape index (κ3) is 1.90. The van der Waals surface area contributed by atoms with Gasteiger partial charge in [0, 0.05) is 17.8 Å². The maximum atomic E-state index is 10.5. The first-order chi connectivity index (χ1) is 8.77. The average Bonchev–Trinajstić information content (AvgIpc) is 2.83. The van der Waals surface area contributed by atoms with E-state index in [0.29, 0.717) is 5.02 Å². The summed E-state index contributed by atoms with van der Waals surface area (Å²) in [4.78, 5) is 4.89. The molecular weight excluding hydrogens is 266 g/mol. The molecule has 1 aromatic carbocycles. The summed E-state index contributed by atoms with van der Waals surface area (Å²) in [5.74, 6) is 0. The molecule has 2 heterocycles. The second-order valence-corrected chi connectivity index (χ2v) is 5.33. The van der Waals surface area contributed by atoms with Crippen molar-refractivity contribution in [2.45, 2.75) is 6.10 Å². The Balaban J connectivity index is 2.18. The van der Waals surface area contributed by atoms with Gasteiger partial charge in [-0.25, -0.2) is 0 Å². The molecule has 0 aliphatic carbocycles. The molecule has 2 aromatic heterocycles. The average molecular weight is 276 g/mol. The molecule has 1 N–H and O–H groups in total. The monoisotopic (exact) mass is 275 g/mol. The van der Waals surface area contributed by atoms with Crippen LogP contribution in [0.5, 0.6) is 0 Å². The quantitative estimate of drug-likeness (QED) is 0.766. The van der Waals surface area contributed by atoms with Crippen LogP contribution in [0.15, 0.2) is 48.1 Å². The van der Waals surface area contributed by atoms with Gasteiger partial charge >= 0.3 is 0 Å². The molecule has 0 saturated carbocycles. The highest BCUT2D eigenvalue weighted by Crippen LogP contribution is 2.35. The molecule has 18 heavy (non-hydrogen) atoms. The molecule has 4 heteroatoms. The highest BCUT2D eigenvalue weighted by molar-refractivity contribution is 7.10. The Hall–Kier alpha value is -1.42. The Morgan fingerprint density at radius 3 is 2.89 bits per heavy atom. The van der Waals surface area contributed by atoms with E-state index < -0.39 is 6.10 Å². The van der Waals surface area contributed by atoms with Crippen molar-refractivity contribution in [3.63, 3.8) is 0 Å². The number of rotatable bonds is 2. The Bertz CT molecular complexity index is 690. The number of aromatic nitrogens is 1. The standard InChI is InChI=1S/C14H10ClNOS/c15-12-5-7-18-14(12)13(17)10-3-1-2-9-4-6-16-8-11(9)10/h1-8,13,17H. The summed E-state index contributed by atoms with van der Waals surface area (Å²) in [6.07, 6.45) is 2.82. The van der Waals surface area contributed by atoms with Gasteiger partial charge in [-0.3, -0.25) is 4.98 Å². The van der Waals surface area contributed by atoms with Crippen LogP contribution in [0.4, 0.5) is 0 Å². The first kappa shape index (κ1) is 11.7. The van der Waals surface area contributed by atoms with Gasteiger partial charge in [-0.2, -0.15) is 0 Å². The number of halogens is 1. The van der Waals surface area contributed by atoms with Crippen molar-refractivity contribution in [3.05, 3.63) is 63.6 Å². The molecule has 0 amide bonds. The Morgan fingerprint density at radius 2 is 2.11 bits per heavy atom. The molecule has 1 unspecified atom stereocenters. The van der Waals surface area contributed by atoms with Gasteiger partial charge in [-0.15, -0.1) is 11.3 Å². The smallest absolute Gasteiger partial charge is 0.115 e. The lowest BCUT2D eigenvalue weighted by Gasteiger charge is -2.12. The maximum absolute atomic E-state index is 10.5. The summed E-state index contributed by atoms with van der Waals surface area (Å²) < 4.78 is 0. The van der Waals surface area contributed by atoms with E-state index in [2.05, 4.69) is 4.98 Å². The van der Waals surface area contributed by atoms with E-state index in [1.807, 2.05) is 29.6 Å². The van der Waals surface area contributed by atoms with E-state index in [-0.39, 0.29) is 0 Å². The third-order valence-corrected chi connectivity index (χ3v) is 4.32. The van der Waals surface area contributed by atoms with Gasteiger partial charge in [-0.1, -0.05) is 29.8 Å². The molecule has 0 aliphatic heterocycles. The predicted molar refractivity (Wildman–Crippen MR) is 75.1 cm³/mol. The second-order valence-electron chi connectivity index (χ2n) is 3.98. The highest BCUT2D eigenvalue weighted by Gasteiger charge is 2.17. The van der Waals surface area contributed by atoms with Crippen LogP contribution in [-0.4, -0.2) is 10.1 Å². The molecular formula is C14H10ClNOS. The van der Waals surface area contributed by atoms with E-state index in [1.165, 1.54) is 11.3 Å². The lowest BCUT2D eigenvalue weighted by molar-refractivity contribution is 0.226. The molecule has 0 radical (unpaired) electrons. The SMILES string of the molecule is OC(c1sccc1Cl)c1cccc2ccncc12. The van der Waals surface area contributed by atoms with E-state index >= 15 is 0 Å². The van der Waals surface area contributed by atoms with E-state index in [0.717, 1.165) is 21.2 Å². The van der Waals surface area contributed by atoms with Gasteiger partial charge in [0.25, 0.3) is 0 Å². The van der Waals surface area contributed by atoms with E-state index in [9.17, 15) is 5.11 Å². The fraction of sp³-hybridized carbons (Fsp3) is 0.0714. The number of hydrogen-bond acceptors (Lipinski definition) is 3. The molecule has 0 saturated heterocycles. The Morgan fingerprint density at radius 1 is 1.22 bits per heavy atom. The fourth-order valence-electron chi connectivity index (χ4n) is 2.02. The van der Waals surface area contributed by atoms with Crippen molar-refractivity contribution in [3.8, 4) is 0 Å². The maximum Gasteiger partial charge on any atom is 0.115 e. The van der Waals surface area contributed by atoms with Gasteiger partial charge in [0.2, 0.25) is 0 Å². The van der Waals surface area contributed by atoms with Crippen LogP contribution in [0.1, 0.15) is 16.5 Å². The van der Waals surface area contributed by atoms with Crippen molar-refractivity contribution in [2.24, 2.45) is 0 Å². The summed E-state index contributed by atoms with van der Waals surface area (Å²) in [7, 11) is 0. The van der Waals surface area contributed by atoms with E-state index in [4.69, 9.17) is 11.6 Å². The molecule has 1 atom stereocenters. The number of nitrogens with zero attached hydrogens (tertiary/aromatic N) is 1. The number of aliphatic hydroxyl groups is 1. The summed E-state index contributed by atoms with van der Waals surface area (Å²) in [5, 5.41) is 15.0. The predicted octanol–water partition coefficient (Wildman–Crippen LogP) is 4.03. The highest BCUT2D eigenvalue weighted by atomic mass is 35.5. The summed E-state index contributed by atoms with van der Waals surface area (Å²) in [6.45, 7) is 0. The van der Waals surface area contributed by atoms with Crippen LogP contribution in [0, 0.1) is 0 Å². The second kappa shape index (κ2) is 4.69. The zero-order valence-electron chi connectivity index (χ0n) is 9.38. The van der Waals surface area contributed by atoms with Crippen LogP contribution in [0.3, 0.4) is 0 Å². The minimum Gasteiger partial charge on any atom is -0.383 e. The Kier molecular flexibility index (Phi) is 3.04. The third-order valence-electron chi connectivity index (χ3n) is 2.91. The van der Waals surface area contributed by atoms with Gasteiger partial charge in [0.15, 0.2) is 0 Å². The van der Waals surface area contributed by atoms with Gasteiger partial charge in [-0.05, 0) is 28.5 Å². The topological polar surface area (TPSA) is 33.1 Å². The summed E-state index contributed by atoms with van der Waals surface area (Å²) in [5.41, 5.74) is 0.838. The van der Waals surface area contributed by atoms with Gasteiger partial charge in [0.05, 0.1) is 9.90 Å². The summed E-state index contributed by atoms with van der Waals surface area (Å²) >= 11 is 7.53. The van der Waals surface area contributed by atoms with Crippen molar-refractivity contribution in [1.29, 1.82) is 0 Å². The lowest BCUT2D eigenvalue weighted by atomic mass is 10.0. The minimum atomic E-state index is -0.703. The number of thiophene rings is 1. The van der Waals surface area contributed by atoms with Crippen molar-refractivity contribution in [2.75, 3.05) is 0 Å². The zero-order valence-corrected chi connectivity index (χ0v) is 10.9. The fourth-order valence-corrected chi connectivity index (χ4v) is 3.18. The zero-order chi connectivity index (χ0) is 12.5. The van der Waals surface area contributed by atoms with Crippen molar-refractivity contribution >= 4 is 33.7 Å². The van der Waals surface area contributed by atoms with Crippen molar-refractivity contribution in [1.82, 2.24) is 4.98 Å².